The molecule has 1 fully saturated rings. The number of nitrogens with one attached hydrogen (secondary N) is 1. The Labute approximate surface area is 177 Å². The normalized spacial score (nSPS) is 16.2. The van der Waals surface area contributed by atoms with Crippen molar-refractivity contribution in [3.63, 3.8) is 0 Å². The number of carbonyl (C=O) groups is 1. The van der Waals surface area contributed by atoms with Crippen LogP contribution in [0.25, 0.3) is 11.1 Å². The van der Waals surface area contributed by atoms with Crippen LogP contribution in [0.15, 0.2) is 53.4 Å². The second-order valence-corrected chi connectivity index (χ2v) is 8.61. The second kappa shape index (κ2) is 10.3. The average molecular weight is 418 g/mol. The van der Waals surface area contributed by atoms with E-state index in [1.807, 2.05) is 54.3 Å². The lowest BCUT2D eigenvalue weighted by Crippen LogP contribution is -2.46. The van der Waals surface area contributed by atoms with E-state index in [4.69, 9.17) is 17.3 Å². The molecule has 0 aromatic heterocycles. The third kappa shape index (κ3) is 5.51. The molecular formula is C22H28ClN3OS. The zero-order valence-electron chi connectivity index (χ0n) is 16.2. The van der Waals surface area contributed by atoms with Crippen LogP contribution in [0.2, 0.25) is 5.02 Å². The van der Waals surface area contributed by atoms with E-state index in [2.05, 4.69) is 10.8 Å². The number of hydrogen-bond donors (Lipinski definition) is 2. The molecule has 1 amide bonds. The van der Waals surface area contributed by atoms with Crippen LogP contribution in [0.5, 0.6) is 0 Å². The fourth-order valence-corrected chi connectivity index (χ4v) is 4.57. The van der Waals surface area contributed by atoms with E-state index in [9.17, 15) is 4.79 Å². The molecule has 1 unspecified atom stereocenters. The first kappa shape index (κ1) is 21.2. The van der Waals surface area contributed by atoms with E-state index in [0.717, 1.165) is 59.9 Å². The summed E-state index contributed by atoms with van der Waals surface area (Å²) in [6.45, 7) is 4.34. The third-order valence-electron chi connectivity index (χ3n) is 5.24. The Bertz CT molecular complexity index is 793. The van der Waals surface area contributed by atoms with Gasteiger partial charge in [0.15, 0.2) is 0 Å². The number of nitrogens with two attached hydrogens (primary N) is 1. The number of hydrogen-bond acceptors (Lipinski definition) is 4. The predicted molar refractivity (Wildman–Crippen MR) is 118 cm³/mol. The van der Waals surface area contributed by atoms with Crippen LogP contribution in [-0.2, 0) is 4.79 Å². The van der Waals surface area contributed by atoms with Crippen LogP contribution < -0.4 is 10.5 Å². The van der Waals surface area contributed by atoms with Gasteiger partial charge in [-0.05, 0) is 74.4 Å². The SMILES string of the molecule is CC(NSc1cccc(-c2ccccc2Cl)c1)C(=O)N1CCC(CCN)CC1. The highest BCUT2D eigenvalue weighted by Crippen LogP contribution is 2.30. The smallest absolute Gasteiger partial charge is 0.240 e. The maximum Gasteiger partial charge on any atom is 0.240 e. The summed E-state index contributed by atoms with van der Waals surface area (Å²) in [6, 6.07) is 15.8. The molecule has 1 heterocycles. The van der Waals surface area contributed by atoms with Crippen LogP contribution in [-0.4, -0.2) is 36.5 Å². The van der Waals surface area contributed by atoms with Gasteiger partial charge in [0.2, 0.25) is 5.91 Å². The molecule has 6 heteroatoms. The Kier molecular flexibility index (Phi) is 7.80. The first-order chi connectivity index (χ1) is 13.6. The maximum atomic E-state index is 12.7. The topological polar surface area (TPSA) is 58.4 Å². The largest absolute Gasteiger partial charge is 0.341 e. The Morgan fingerprint density at radius 3 is 2.71 bits per heavy atom. The summed E-state index contributed by atoms with van der Waals surface area (Å²) in [5, 5.41) is 0.735. The molecule has 0 bridgehead atoms. The monoisotopic (exact) mass is 417 g/mol. The summed E-state index contributed by atoms with van der Waals surface area (Å²) in [4.78, 5) is 15.8. The minimum atomic E-state index is -0.236. The number of carbonyl (C=O) groups excluding carboxylic acids is 1. The van der Waals surface area contributed by atoms with Gasteiger partial charge in [-0.3, -0.25) is 4.79 Å². The molecule has 1 atom stereocenters. The molecular weight excluding hydrogens is 390 g/mol. The van der Waals surface area contributed by atoms with Gasteiger partial charge >= 0.3 is 0 Å². The molecule has 28 heavy (non-hydrogen) atoms. The molecule has 3 rings (SSSR count). The number of amides is 1. The highest BCUT2D eigenvalue weighted by Gasteiger charge is 2.25. The highest BCUT2D eigenvalue weighted by molar-refractivity contribution is 7.97. The maximum absolute atomic E-state index is 12.7. The van der Waals surface area contributed by atoms with Crippen molar-refractivity contribution in [1.29, 1.82) is 0 Å². The van der Waals surface area contributed by atoms with Crippen molar-refractivity contribution in [3.8, 4) is 11.1 Å². The highest BCUT2D eigenvalue weighted by atomic mass is 35.5. The van der Waals surface area contributed by atoms with Crippen LogP contribution in [0.4, 0.5) is 0 Å². The lowest BCUT2D eigenvalue weighted by molar-refractivity contribution is -0.133. The number of nitrogens with zero attached hydrogens (tertiary/aromatic N) is 1. The Morgan fingerprint density at radius 2 is 2.00 bits per heavy atom. The van der Waals surface area contributed by atoms with E-state index in [1.54, 1.807) is 0 Å². The summed E-state index contributed by atoms with van der Waals surface area (Å²) < 4.78 is 3.30. The Morgan fingerprint density at radius 1 is 1.25 bits per heavy atom. The van der Waals surface area contributed by atoms with Gasteiger partial charge in [0, 0.05) is 28.6 Å². The summed E-state index contributed by atoms with van der Waals surface area (Å²) in [6.07, 6.45) is 3.18. The zero-order chi connectivity index (χ0) is 19.9. The van der Waals surface area contributed by atoms with Gasteiger partial charge in [0.05, 0.1) is 6.04 Å². The predicted octanol–water partition coefficient (Wildman–Crippen LogP) is 4.58. The molecule has 2 aromatic rings. The Balaban J connectivity index is 1.55. The number of benzene rings is 2. The van der Waals surface area contributed by atoms with Crippen molar-refractivity contribution in [2.45, 2.75) is 37.1 Å². The van der Waals surface area contributed by atoms with Crippen LogP contribution in [0.3, 0.4) is 0 Å². The summed E-state index contributed by atoms with van der Waals surface area (Å²) in [5.41, 5.74) is 7.73. The lowest BCUT2D eigenvalue weighted by Gasteiger charge is -2.33. The molecule has 4 nitrogen and oxygen atoms in total. The number of piperidine rings is 1. The van der Waals surface area contributed by atoms with Crippen molar-refractivity contribution in [1.82, 2.24) is 9.62 Å². The fourth-order valence-electron chi connectivity index (χ4n) is 3.58. The summed E-state index contributed by atoms with van der Waals surface area (Å²) in [7, 11) is 0. The molecule has 0 spiro atoms. The van der Waals surface area contributed by atoms with E-state index < -0.39 is 0 Å². The lowest BCUT2D eigenvalue weighted by atomic mass is 9.93. The Hall–Kier alpha value is -1.53. The van der Waals surface area contributed by atoms with E-state index in [0.29, 0.717) is 5.92 Å². The number of likely N-dealkylation sites (tertiary alicyclic amines) is 1. The van der Waals surface area contributed by atoms with E-state index in [-0.39, 0.29) is 11.9 Å². The molecule has 3 N–H and O–H groups in total. The molecule has 1 aliphatic rings. The minimum absolute atomic E-state index is 0.168. The summed E-state index contributed by atoms with van der Waals surface area (Å²) >= 11 is 7.80. The first-order valence-electron chi connectivity index (χ1n) is 9.84. The molecule has 1 saturated heterocycles. The fraction of sp³-hybridized carbons (Fsp3) is 0.409. The van der Waals surface area contributed by atoms with Crippen molar-refractivity contribution >= 4 is 29.5 Å². The zero-order valence-corrected chi connectivity index (χ0v) is 17.8. The average Bonchev–Trinajstić information content (AvgIpc) is 2.73. The standard InChI is InChI=1S/C22H28ClN3OS/c1-16(22(27)26-13-10-17(9-12-24)11-14-26)25-28-19-6-4-5-18(15-19)20-7-2-3-8-21(20)23/h2-8,15-17,25H,9-14,24H2,1H3. The van der Waals surface area contributed by atoms with Crippen LogP contribution in [0, 0.1) is 5.92 Å². The quantitative estimate of drug-likeness (QED) is 0.647. The van der Waals surface area contributed by atoms with Crippen LogP contribution in [0.1, 0.15) is 26.2 Å². The van der Waals surface area contributed by atoms with Crippen LogP contribution >= 0.6 is 23.5 Å². The molecule has 0 aliphatic carbocycles. The number of halogens is 1. The van der Waals surface area contributed by atoms with Gasteiger partial charge in [0.25, 0.3) is 0 Å². The molecule has 0 saturated carbocycles. The van der Waals surface area contributed by atoms with Gasteiger partial charge in [-0.25, -0.2) is 4.72 Å². The van der Waals surface area contributed by atoms with E-state index >= 15 is 0 Å². The molecule has 1 aliphatic heterocycles. The van der Waals surface area contributed by atoms with E-state index in [1.165, 1.54) is 11.9 Å². The first-order valence-corrected chi connectivity index (χ1v) is 11.0. The molecule has 0 radical (unpaired) electrons. The van der Waals surface area contributed by atoms with Gasteiger partial charge in [0.1, 0.15) is 0 Å². The van der Waals surface area contributed by atoms with Gasteiger partial charge in [-0.1, -0.05) is 41.9 Å². The van der Waals surface area contributed by atoms with Crippen molar-refractivity contribution in [2.75, 3.05) is 19.6 Å². The molecule has 150 valence electrons. The van der Waals surface area contributed by atoms with Crippen molar-refractivity contribution < 1.29 is 4.79 Å². The minimum Gasteiger partial charge on any atom is -0.341 e. The second-order valence-electron chi connectivity index (χ2n) is 7.30. The number of rotatable bonds is 7. The third-order valence-corrected chi connectivity index (χ3v) is 6.53. The summed E-state index contributed by atoms with van der Waals surface area (Å²) in [5.74, 6) is 0.834. The van der Waals surface area contributed by atoms with Gasteiger partial charge in [-0.15, -0.1) is 0 Å². The molecule has 2 aromatic carbocycles. The van der Waals surface area contributed by atoms with Gasteiger partial charge in [-0.2, -0.15) is 0 Å². The van der Waals surface area contributed by atoms with Gasteiger partial charge < -0.3 is 10.6 Å². The van der Waals surface area contributed by atoms with Crippen molar-refractivity contribution in [3.05, 3.63) is 53.6 Å². The van der Waals surface area contributed by atoms with Crippen molar-refractivity contribution in [2.24, 2.45) is 11.7 Å².